The minimum atomic E-state index is 0.139. The van der Waals surface area contributed by atoms with Gasteiger partial charge in [0.05, 0.1) is 16.7 Å². The molecule has 4 heterocycles. The Labute approximate surface area is 215 Å². The highest BCUT2D eigenvalue weighted by molar-refractivity contribution is 6.30. The zero-order valence-electron chi connectivity index (χ0n) is 20.8. The van der Waals surface area contributed by atoms with E-state index in [2.05, 4.69) is 56.9 Å². The summed E-state index contributed by atoms with van der Waals surface area (Å²) in [4.78, 5) is 29.6. The van der Waals surface area contributed by atoms with E-state index in [4.69, 9.17) is 16.6 Å². The van der Waals surface area contributed by atoms with Crippen LogP contribution in [0.25, 0.3) is 22.3 Å². The lowest BCUT2D eigenvalue weighted by atomic mass is 10.1. The molecule has 36 heavy (non-hydrogen) atoms. The summed E-state index contributed by atoms with van der Waals surface area (Å²) < 4.78 is 2.23. The van der Waals surface area contributed by atoms with Gasteiger partial charge in [0.15, 0.2) is 0 Å². The number of carbonyl (C=O) groups is 1. The van der Waals surface area contributed by atoms with Gasteiger partial charge in [-0.05, 0) is 55.3 Å². The van der Waals surface area contributed by atoms with Gasteiger partial charge in [0.25, 0.3) is 0 Å². The topological polar surface area (TPSA) is 79.2 Å². The highest BCUT2D eigenvalue weighted by atomic mass is 35.5. The van der Waals surface area contributed by atoms with E-state index in [0.29, 0.717) is 11.1 Å². The Morgan fingerprint density at radius 1 is 1.08 bits per heavy atom. The maximum atomic E-state index is 11.6. The molecule has 4 aromatic rings. The second-order valence-electron chi connectivity index (χ2n) is 9.13. The third-order valence-electron chi connectivity index (χ3n) is 6.59. The number of benzene rings is 1. The van der Waals surface area contributed by atoms with Gasteiger partial charge in [-0.15, -0.1) is 0 Å². The van der Waals surface area contributed by atoms with Crippen LogP contribution >= 0.6 is 11.6 Å². The Kier molecular flexibility index (Phi) is 6.78. The Balaban J connectivity index is 1.36. The third kappa shape index (κ3) is 4.86. The number of fused-ring (bicyclic) bond motifs is 1. The maximum absolute atomic E-state index is 11.6. The minimum Gasteiger partial charge on any atom is -0.368 e. The number of carbonyl (C=O) groups excluding carboxylic acids is 1. The monoisotopic (exact) mass is 503 g/mol. The summed E-state index contributed by atoms with van der Waals surface area (Å²) in [6.07, 6.45) is 4.88. The lowest BCUT2D eigenvalue weighted by Crippen LogP contribution is -2.48. The number of hydrogen-bond donors (Lipinski definition) is 1. The molecule has 5 rings (SSSR count). The zero-order valence-corrected chi connectivity index (χ0v) is 21.6. The molecule has 1 N–H and O–H groups in total. The Morgan fingerprint density at radius 2 is 1.83 bits per heavy atom. The van der Waals surface area contributed by atoms with E-state index in [0.717, 1.165) is 78.4 Å². The van der Waals surface area contributed by atoms with Gasteiger partial charge in [-0.3, -0.25) is 4.79 Å². The lowest BCUT2D eigenvalue weighted by Gasteiger charge is -2.35. The first-order chi connectivity index (χ1) is 17.4. The van der Waals surface area contributed by atoms with Crippen molar-refractivity contribution in [1.29, 1.82) is 0 Å². The van der Waals surface area contributed by atoms with Crippen molar-refractivity contribution in [3.8, 4) is 11.3 Å². The summed E-state index contributed by atoms with van der Waals surface area (Å²) in [6, 6.07) is 12.0. The first-order valence-corrected chi connectivity index (χ1v) is 12.7. The molecule has 1 fully saturated rings. The van der Waals surface area contributed by atoms with Gasteiger partial charge in [-0.25, -0.2) is 15.0 Å². The summed E-state index contributed by atoms with van der Waals surface area (Å²) in [5.74, 6) is 0.658. The number of nitrogens with one attached hydrogen (secondary N) is 1. The molecule has 8 nitrogen and oxygen atoms in total. The number of nitrogens with zero attached hydrogens (tertiary/aromatic N) is 6. The molecular formula is C27H30ClN7O. The number of aromatic nitrogens is 4. The van der Waals surface area contributed by atoms with E-state index >= 15 is 0 Å². The van der Waals surface area contributed by atoms with Gasteiger partial charge in [0.2, 0.25) is 11.9 Å². The average Bonchev–Trinajstić information content (AvgIpc) is 3.23. The van der Waals surface area contributed by atoms with Crippen LogP contribution in [0.5, 0.6) is 0 Å². The van der Waals surface area contributed by atoms with Gasteiger partial charge in [0, 0.05) is 69.0 Å². The molecule has 0 aliphatic carbocycles. The van der Waals surface area contributed by atoms with E-state index in [1.807, 2.05) is 29.2 Å². The average molecular weight is 504 g/mol. The molecule has 0 radical (unpaired) electrons. The van der Waals surface area contributed by atoms with Crippen LogP contribution in [-0.4, -0.2) is 56.5 Å². The molecule has 1 aliphatic rings. The van der Waals surface area contributed by atoms with Crippen LogP contribution in [-0.2, 0) is 11.3 Å². The van der Waals surface area contributed by atoms with Crippen LogP contribution in [0.4, 0.5) is 17.3 Å². The number of aryl methyl sites for hydroxylation is 2. The summed E-state index contributed by atoms with van der Waals surface area (Å²) in [5, 5.41) is 3.80. The summed E-state index contributed by atoms with van der Waals surface area (Å²) in [7, 11) is 0. The Hall–Kier alpha value is -3.65. The molecule has 1 saturated heterocycles. The molecule has 9 heteroatoms. The second-order valence-corrected chi connectivity index (χ2v) is 9.51. The molecule has 186 valence electrons. The fraction of sp³-hybridized carbons (Fsp3) is 0.333. The molecule has 1 aromatic carbocycles. The van der Waals surface area contributed by atoms with Crippen molar-refractivity contribution in [2.45, 2.75) is 33.7 Å². The third-order valence-corrected chi connectivity index (χ3v) is 6.78. The quantitative estimate of drug-likeness (QED) is 0.361. The number of halogens is 1. The molecule has 1 aliphatic heterocycles. The van der Waals surface area contributed by atoms with Gasteiger partial charge in [-0.2, -0.15) is 0 Å². The number of hydrogen-bond acceptors (Lipinski definition) is 6. The van der Waals surface area contributed by atoms with E-state index < -0.39 is 0 Å². The molecule has 0 saturated carbocycles. The predicted octanol–water partition coefficient (Wildman–Crippen LogP) is 5.28. The summed E-state index contributed by atoms with van der Waals surface area (Å²) in [6.45, 7) is 9.92. The lowest BCUT2D eigenvalue weighted by molar-refractivity contribution is -0.129. The first-order valence-electron chi connectivity index (χ1n) is 12.3. The van der Waals surface area contributed by atoms with Crippen molar-refractivity contribution >= 4 is 45.9 Å². The highest BCUT2D eigenvalue weighted by Crippen LogP contribution is 2.32. The van der Waals surface area contributed by atoms with Crippen LogP contribution in [0.3, 0.4) is 0 Å². The van der Waals surface area contributed by atoms with Crippen molar-refractivity contribution in [2.75, 3.05) is 36.4 Å². The molecule has 0 unspecified atom stereocenters. The fourth-order valence-corrected chi connectivity index (χ4v) is 5.04. The van der Waals surface area contributed by atoms with Crippen LogP contribution in [0, 0.1) is 6.92 Å². The number of piperazine rings is 1. The number of amides is 1. The molecule has 0 atom stereocenters. The Morgan fingerprint density at radius 3 is 2.53 bits per heavy atom. The normalized spacial score (nSPS) is 13.9. The smallest absolute Gasteiger partial charge is 0.227 e. The molecule has 0 spiro atoms. The van der Waals surface area contributed by atoms with Gasteiger partial charge in [-0.1, -0.05) is 18.5 Å². The number of pyridine rings is 1. The van der Waals surface area contributed by atoms with Crippen LogP contribution in [0.2, 0.25) is 5.15 Å². The van der Waals surface area contributed by atoms with E-state index in [9.17, 15) is 4.79 Å². The van der Waals surface area contributed by atoms with E-state index in [1.54, 1.807) is 13.1 Å². The minimum absolute atomic E-state index is 0.139. The zero-order chi connectivity index (χ0) is 25.2. The molecule has 3 aromatic heterocycles. The summed E-state index contributed by atoms with van der Waals surface area (Å²) in [5.41, 5.74) is 6.82. The van der Waals surface area contributed by atoms with Crippen LogP contribution < -0.4 is 10.2 Å². The van der Waals surface area contributed by atoms with Crippen molar-refractivity contribution < 1.29 is 4.79 Å². The van der Waals surface area contributed by atoms with Crippen molar-refractivity contribution in [3.63, 3.8) is 0 Å². The summed E-state index contributed by atoms with van der Waals surface area (Å²) >= 11 is 6.31. The Bertz CT molecular complexity index is 1390. The number of rotatable bonds is 6. The molecule has 0 bridgehead atoms. The predicted molar refractivity (Wildman–Crippen MR) is 145 cm³/mol. The maximum Gasteiger partial charge on any atom is 0.227 e. The first kappa shape index (κ1) is 24.1. The van der Waals surface area contributed by atoms with Crippen LogP contribution in [0.1, 0.15) is 25.8 Å². The SMILES string of the molecule is CCCn1cc(-c2ccnc(Nc3ccc(N4CCN(C(C)=O)CC4)cc3)n2)c2nc(Cl)cc(C)c21. The number of anilines is 3. The highest BCUT2D eigenvalue weighted by Gasteiger charge is 2.19. The van der Waals surface area contributed by atoms with Gasteiger partial charge < -0.3 is 19.7 Å². The molecular weight excluding hydrogens is 474 g/mol. The largest absolute Gasteiger partial charge is 0.368 e. The fourth-order valence-electron chi connectivity index (χ4n) is 4.80. The van der Waals surface area contributed by atoms with Crippen molar-refractivity contribution in [1.82, 2.24) is 24.4 Å². The van der Waals surface area contributed by atoms with Crippen molar-refractivity contribution in [2.24, 2.45) is 0 Å². The van der Waals surface area contributed by atoms with E-state index in [-0.39, 0.29) is 5.91 Å². The van der Waals surface area contributed by atoms with Crippen LogP contribution in [0.15, 0.2) is 48.8 Å². The standard InChI is InChI=1S/C27H30ClN7O/c1-4-11-35-17-22(25-26(35)18(2)16-24(28)32-25)23-9-10-29-27(31-23)30-20-5-7-21(8-6-20)34-14-12-33(13-15-34)19(3)36/h5-10,16-17H,4,11-15H2,1-3H3,(H,29,30,31). The van der Waals surface area contributed by atoms with E-state index in [1.165, 1.54) is 0 Å². The van der Waals surface area contributed by atoms with Gasteiger partial charge in [0.1, 0.15) is 5.15 Å². The second kappa shape index (κ2) is 10.1. The van der Waals surface area contributed by atoms with Crippen molar-refractivity contribution in [3.05, 3.63) is 59.5 Å². The molecule has 1 amide bonds. The van der Waals surface area contributed by atoms with Gasteiger partial charge >= 0.3 is 0 Å².